The van der Waals surface area contributed by atoms with Crippen LogP contribution < -0.4 is 5.32 Å². The third-order valence-corrected chi connectivity index (χ3v) is 3.54. The Bertz CT molecular complexity index is 360. The van der Waals surface area contributed by atoms with Gasteiger partial charge in [-0.15, -0.1) is 0 Å². The van der Waals surface area contributed by atoms with Gasteiger partial charge < -0.3 is 15.3 Å². The first kappa shape index (κ1) is 16.5. The van der Waals surface area contributed by atoms with E-state index in [1.165, 1.54) is 0 Å². The molecule has 1 saturated heterocycles. The standard InChI is InChI=1S/C14H24N2O4/c1-10(2)14(20)16-8-5-11(6-9-16)13(19)15-7-3-4-12(17)18/h10-11H,3-9H2,1-2H3,(H,15,19)(H,17,18). The van der Waals surface area contributed by atoms with Crippen molar-refractivity contribution in [2.24, 2.45) is 11.8 Å². The van der Waals surface area contributed by atoms with Gasteiger partial charge in [0.25, 0.3) is 0 Å². The van der Waals surface area contributed by atoms with Gasteiger partial charge in [0.15, 0.2) is 0 Å². The molecule has 0 aromatic carbocycles. The number of carbonyl (C=O) groups is 3. The highest BCUT2D eigenvalue weighted by atomic mass is 16.4. The summed E-state index contributed by atoms with van der Waals surface area (Å²) in [4.78, 5) is 35.9. The predicted molar refractivity (Wildman–Crippen MR) is 74.0 cm³/mol. The summed E-state index contributed by atoms with van der Waals surface area (Å²) < 4.78 is 0. The summed E-state index contributed by atoms with van der Waals surface area (Å²) in [6.07, 6.45) is 1.89. The van der Waals surface area contributed by atoms with E-state index in [0.717, 1.165) is 0 Å². The number of carboxylic acids is 1. The van der Waals surface area contributed by atoms with Gasteiger partial charge in [0.2, 0.25) is 11.8 Å². The molecule has 0 radical (unpaired) electrons. The molecule has 0 saturated carbocycles. The summed E-state index contributed by atoms with van der Waals surface area (Å²) >= 11 is 0. The van der Waals surface area contributed by atoms with E-state index < -0.39 is 5.97 Å². The van der Waals surface area contributed by atoms with E-state index in [2.05, 4.69) is 5.32 Å². The second-order valence-electron chi connectivity index (χ2n) is 5.54. The van der Waals surface area contributed by atoms with Crippen LogP contribution in [0.5, 0.6) is 0 Å². The Kier molecular flexibility index (Phi) is 6.48. The topological polar surface area (TPSA) is 86.7 Å². The average molecular weight is 284 g/mol. The number of hydrogen-bond donors (Lipinski definition) is 2. The van der Waals surface area contributed by atoms with Gasteiger partial charge in [0.05, 0.1) is 0 Å². The lowest BCUT2D eigenvalue weighted by Gasteiger charge is -2.32. The lowest BCUT2D eigenvalue weighted by molar-refractivity contribution is -0.138. The number of aliphatic carboxylic acids is 1. The Hall–Kier alpha value is -1.59. The van der Waals surface area contributed by atoms with Crippen LogP contribution in [0.2, 0.25) is 0 Å². The van der Waals surface area contributed by atoms with Gasteiger partial charge in [-0.2, -0.15) is 0 Å². The molecule has 114 valence electrons. The number of hydrogen-bond acceptors (Lipinski definition) is 3. The molecule has 0 spiro atoms. The first-order valence-electron chi connectivity index (χ1n) is 7.20. The minimum atomic E-state index is -0.847. The highest BCUT2D eigenvalue weighted by Crippen LogP contribution is 2.18. The summed E-state index contributed by atoms with van der Waals surface area (Å²) in [6, 6.07) is 0. The molecule has 0 atom stereocenters. The lowest BCUT2D eigenvalue weighted by atomic mass is 9.95. The Labute approximate surface area is 119 Å². The van der Waals surface area contributed by atoms with Crippen LogP contribution in [0.3, 0.4) is 0 Å². The Morgan fingerprint density at radius 3 is 2.35 bits per heavy atom. The van der Waals surface area contributed by atoms with Crippen LogP contribution in [0.1, 0.15) is 39.5 Å². The molecule has 0 bridgehead atoms. The molecule has 6 heteroatoms. The van der Waals surface area contributed by atoms with Crippen molar-refractivity contribution in [3.05, 3.63) is 0 Å². The van der Waals surface area contributed by atoms with Gasteiger partial charge in [0.1, 0.15) is 0 Å². The summed E-state index contributed by atoms with van der Waals surface area (Å²) in [6.45, 7) is 5.41. The number of carbonyl (C=O) groups excluding carboxylic acids is 2. The lowest BCUT2D eigenvalue weighted by Crippen LogP contribution is -2.44. The van der Waals surface area contributed by atoms with Gasteiger partial charge in [-0.1, -0.05) is 13.8 Å². The quantitative estimate of drug-likeness (QED) is 0.708. The normalized spacial score (nSPS) is 16.2. The molecular formula is C14H24N2O4. The van der Waals surface area contributed by atoms with Gasteiger partial charge in [-0.3, -0.25) is 14.4 Å². The molecule has 1 aliphatic rings. The molecule has 0 aliphatic carbocycles. The third kappa shape index (κ3) is 5.19. The number of likely N-dealkylation sites (tertiary alicyclic amines) is 1. The van der Waals surface area contributed by atoms with Crippen molar-refractivity contribution in [3.63, 3.8) is 0 Å². The van der Waals surface area contributed by atoms with Crippen LogP contribution in [0.4, 0.5) is 0 Å². The molecule has 0 aromatic heterocycles. The largest absolute Gasteiger partial charge is 0.481 e. The molecule has 0 aromatic rings. The van der Waals surface area contributed by atoms with Crippen molar-refractivity contribution in [1.29, 1.82) is 0 Å². The molecule has 2 amide bonds. The van der Waals surface area contributed by atoms with Crippen LogP contribution in [0.25, 0.3) is 0 Å². The number of rotatable bonds is 6. The Balaban J connectivity index is 2.25. The van der Waals surface area contributed by atoms with E-state index in [4.69, 9.17) is 5.11 Å². The molecule has 6 nitrogen and oxygen atoms in total. The van der Waals surface area contributed by atoms with Crippen molar-refractivity contribution in [1.82, 2.24) is 10.2 Å². The number of amides is 2. The number of nitrogens with one attached hydrogen (secondary N) is 1. The predicted octanol–water partition coefficient (Wildman–Crippen LogP) is 0.862. The van der Waals surface area contributed by atoms with Gasteiger partial charge in [-0.25, -0.2) is 0 Å². The first-order chi connectivity index (χ1) is 9.41. The number of carboxylic acid groups (broad SMARTS) is 1. The van der Waals surface area contributed by atoms with E-state index in [-0.39, 0.29) is 30.1 Å². The van der Waals surface area contributed by atoms with E-state index in [0.29, 0.717) is 38.9 Å². The fraction of sp³-hybridized carbons (Fsp3) is 0.786. The maximum absolute atomic E-state index is 11.9. The minimum Gasteiger partial charge on any atom is -0.481 e. The fourth-order valence-electron chi connectivity index (χ4n) is 2.32. The molecule has 1 fully saturated rings. The summed E-state index contributed by atoms with van der Waals surface area (Å²) in [7, 11) is 0. The molecule has 20 heavy (non-hydrogen) atoms. The molecular weight excluding hydrogens is 260 g/mol. The second-order valence-corrected chi connectivity index (χ2v) is 5.54. The molecule has 1 rings (SSSR count). The van der Waals surface area contributed by atoms with Crippen molar-refractivity contribution >= 4 is 17.8 Å². The van der Waals surface area contributed by atoms with Crippen molar-refractivity contribution < 1.29 is 19.5 Å². The van der Waals surface area contributed by atoms with Crippen molar-refractivity contribution in [3.8, 4) is 0 Å². The minimum absolute atomic E-state index is 0.00334. The van der Waals surface area contributed by atoms with Crippen LogP contribution in [0, 0.1) is 11.8 Å². The molecule has 1 aliphatic heterocycles. The van der Waals surface area contributed by atoms with E-state index in [1.807, 2.05) is 18.7 Å². The van der Waals surface area contributed by atoms with Crippen molar-refractivity contribution in [2.75, 3.05) is 19.6 Å². The second kappa shape index (κ2) is 7.87. The fourth-order valence-corrected chi connectivity index (χ4v) is 2.32. The zero-order valence-electron chi connectivity index (χ0n) is 12.2. The third-order valence-electron chi connectivity index (χ3n) is 3.54. The molecule has 0 unspecified atom stereocenters. The van der Waals surface area contributed by atoms with Gasteiger partial charge in [0, 0.05) is 37.9 Å². The average Bonchev–Trinajstić information content (AvgIpc) is 2.42. The monoisotopic (exact) mass is 284 g/mol. The Morgan fingerprint density at radius 1 is 1.25 bits per heavy atom. The van der Waals surface area contributed by atoms with Crippen LogP contribution in [0.15, 0.2) is 0 Å². The van der Waals surface area contributed by atoms with Crippen LogP contribution in [-0.2, 0) is 14.4 Å². The zero-order valence-corrected chi connectivity index (χ0v) is 12.2. The van der Waals surface area contributed by atoms with Gasteiger partial charge in [-0.05, 0) is 19.3 Å². The Morgan fingerprint density at radius 2 is 1.85 bits per heavy atom. The first-order valence-corrected chi connectivity index (χ1v) is 7.20. The van der Waals surface area contributed by atoms with Gasteiger partial charge >= 0.3 is 5.97 Å². The molecule has 1 heterocycles. The number of nitrogens with zero attached hydrogens (tertiary/aromatic N) is 1. The summed E-state index contributed by atoms with van der Waals surface area (Å²) in [5, 5.41) is 11.3. The maximum Gasteiger partial charge on any atom is 0.303 e. The highest BCUT2D eigenvalue weighted by molar-refractivity contribution is 5.80. The SMILES string of the molecule is CC(C)C(=O)N1CCC(C(=O)NCCCC(=O)O)CC1. The smallest absolute Gasteiger partial charge is 0.303 e. The van der Waals surface area contributed by atoms with E-state index >= 15 is 0 Å². The molecule has 2 N–H and O–H groups in total. The zero-order chi connectivity index (χ0) is 15.1. The van der Waals surface area contributed by atoms with E-state index in [9.17, 15) is 14.4 Å². The van der Waals surface area contributed by atoms with E-state index in [1.54, 1.807) is 0 Å². The van der Waals surface area contributed by atoms with Crippen LogP contribution >= 0.6 is 0 Å². The van der Waals surface area contributed by atoms with Crippen LogP contribution in [-0.4, -0.2) is 47.4 Å². The van der Waals surface area contributed by atoms with Crippen molar-refractivity contribution in [2.45, 2.75) is 39.5 Å². The summed E-state index contributed by atoms with van der Waals surface area (Å²) in [5.74, 6) is -0.787. The highest BCUT2D eigenvalue weighted by Gasteiger charge is 2.27. The summed E-state index contributed by atoms with van der Waals surface area (Å²) in [5.41, 5.74) is 0. The maximum atomic E-state index is 11.9. The number of piperidine rings is 1.